The van der Waals surface area contributed by atoms with Gasteiger partial charge in [0.1, 0.15) is 12.3 Å². The number of hydrogen-bond donors (Lipinski definition) is 0. The van der Waals surface area contributed by atoms with Crippen LogP contribution in [-0.4, -0.2) is 61.9 Å². The fourth-order valence-electron chi connectivity index (χ4n) is 3.49. The number of methoxy groups -OCH3 is 1. The van der Waals surface area contributed by atoms with E-state index in [4.69, 9.17) is 14.8 Å². The van der Waals surface area contributed by atoms with Crippen molar-refractivity contribution in [3.05, 3.63) is 48.3 Å². The van der Waals surface area contributed by atoms with Crippen molar-refractivity contribution in [1.29, 1.82) is 0 Å². The van der Waals surface area contributed by atoms with E-state index in [1.807, 2.05) is 28.9 Å². The van der Waals surface area contributed by atoms with Crippen molar-refractivity contribution in [1.82, 2.24) is 34.7 Å². The normalized spacial score (nSPS) is 15.9. The molecule has 0 N–H and O–H groups in total. The minimum absolute atomic E-state index is 0.486. The van der Waals surface area contributed by atoms with Crippen LogP contribution in [0.1, 0.15) is 24.5 Å². The summed E-state index contributed by atoms with van der Waals surface area (Å²) in [6, 6.07) is 7.85. The van der Waals surface area contributed by atoms with Crippen molar-refractivity contribution in [2.75, 3.05) is 27.2 Å². The van der Waals surface area contributed by atoms with Crippen LogP contribution < -0.4 is 4.74 Å². The Morgan fingerprint density at radius 3 is 2.44 bits per heavy atom. The quantitative estimate of drug-likeness (QED) is 0.661. The van der Waals surface area contributed by atoms with Crippen molar-refractivity contribution < 1.29 is 4.74 Å². The third kappa shape index (κ3) is 4.16. The number of aromatic nitrogens is 6. The molecule has 1 saturated heterocycles. The monoisotopic (exact) mass is 367 g/mol. The van der Waals surface area contributed by atoms with Crippen LogP contribution in [0.3, 0.4) is 0 Å². The molecule has 0 unspecified atom stereocenters. The highest BCUT2D eigenvalue weighted by Gasteiger charge is 2.20. The van der Waals surface area contributed by atoms with E-state index in [1.165, 1.54) is 12.8 Å². The first kappa shape index (κ1) is 17.7. The van der Waals surface area contributed by atoms with E-state index < -0.39 is 0 Å². The molecule has 1 aromatic carbocycles. The van der Waals surface area contributed by atoms with Crippen molar-refractivity contribution >= 4 is 0 Å². The van der Waals surface area contributed by atoms with Crippen LogP contribution in [0.4, 0.5) is 0 Å². The van der Waals surface area contributed by atoms with Gasteiger partial charge in [-0.3, -0.25) is 0 Å². The van der Waals surface area contributed by atoms with E-state index >= 15 is 0 Å². The maximum absolute atomic E-state index is 5.26. The zero-order chi connectivity index (χ0) is 18.6. The lowest BCUT2D eigenvalue weighted by atomic mass is 9.94. The minimum Gasteiger partial charge on any atom is -0.497 e. The Kier molecular flexibility index (Phi) is 5.15. The molecule has 2 aromatic heterocycles. The highest BCUT2D eigenvalue weighted by Crippen LogP contribution is 2.21. The van der Waals surface area contributed by atoms with Crippen LogP contribution in [0, 0.1) is 5.92 Å². The summed E-state index contributed by atoms with van der Waals surface area (Å²) in [7, 11) is 3.85. The van der Waals surface area contributed by atoms with E-state index in [0.29, 0.717) is 12.5 Å². The van der Waals surface area contributed by atoms with Gasteiger partial charge in [-0.1, -0.05) is 0 Å². The van der Waals surface area contributed by atoms with Gasteiger partial charge in [0.2, 0.25) is 0 Å². The molecule has 0 saturated carbocycles. The fourth-order valence-corrected chi connectivity index (χ4v) is 3.49. The van der Waals surface area contributed by atoms with E-state index in [-0.39, 0.29) is 0 Å². The summed E-state index contributed by atoms with van der Waals surface area (Å²) in [5.74, 6) is 3.19. The van der Waals surface area contributed by atoms with Crippen molar-refractivity contribution in [2.24, 2.45) is 5.92 Å². The Morgan fingerprint density at radius 1 is 1.07 bits per heavy atom. The Morgan fingerprint density at radius 2 is 1.78 bits per heavy atom. The number of piperidine rings is 1. The first-order valence-electron chi connectivity index (χ1n) is 9.33. The molecular weight excluding hydrogens is 342 g/mol. The number of rotatable bonds is 6. The van der Waals surface area contributed by atoms with Gasteiger partial charge in [0.05, 0.1) is 25.2 Å². The molecular formula is C19H25N7O. The number of ether oxygens (including phenoxy) is 1. The molecule has 4 rings (SSSR count). The third-order valence-corrected chi connectivity index (χ3v) is 5.09. The second-order valence-electron chi connectivity index (χ2n) is 7.06. The van der Waals surface area contributed by atoms with Crippen LogP contribution in [0.5, 0.6) is 5.75 Å². The zero-order valence-electron chi connectivity index (χ0n) is 15.8. The summed E-state index contributed by atoms with van der Waals surface area (Å²) in [6.07, 6.45) is 6.66. The first-order chi connectivity index (χ1) is 13.2. The van der Waals surface area contributed by atoms with Crippen LogP contribution in [-0.2, 0) is 13.0 Å². The molecule has 0 atom stereocenters. The average Bonchev–Trinajstić information content (AvgIpc) is 3.34. The Balaban J connectivity index is 1.59. The molecule has 0 radical (unpaired) electrons. The van der Waals surface area contributed by atoms with Crippen LogP contribution in [0.2, 0.25) is 0 Å². The van der Waals surface area contributed by atoms with Gasteiger partial charge in [-0.2, -0.15) is 20.1 Å². The van der Waals surface area contributed by atoms with E-state index in [0.717, 1.165) is 42.6 Å². The first-order valence-corrected chi connectivity index (χ1v) is 9.33. The lowest BCUT2D eigenvalue weighted by Crippen LogP contribution is -2.31. The molecule has 8 heteroatoms. The van der Waals surface area contributed by atoms with Gasteiger partial charge < -0.3 is 9.64 Å². The van der Waals surface area contributed by atoms with Crippen molar-refractivity contribution in [2.45, 2.75) is 25.8 Å². The van der Waals surface area contributed by atoms with Crippen molar-refractivity contribution in [3.8, 4) is 11.4 Å². The highest BCUT2D eigenvalue weighted by molar-refractivity contribution is 5.37. The van der Waals surface area contributed by atoms with Gasteiger partial charge in [-0.25, -0.2) is 9.67 Å². The topological polar surface area (TPSA) is 73.9 Å². The largest absolute Gasteiger partial charge is 0.497 e. The molecule has 0 amide bonds. The summed E-state index contributed by atoms with van der Waals surface area (Å²) < 4.78 is 7.16. The summed E-state index contributed by atoms with van der Waals surface area (Å²) >= 11 is 0. The lowest BCUT2D eigenvalue weighted by Gasteiger charge is -2.28. The van der Waals surface area contributed by atoms with Crippen LogP contribution in [0.15, 0.2) is 36.7 Å². The number of hydrogen-bond acceptors (Lipinski definition) is 6. The number of benzene rings is 1. The molecule has 0 spiro atoms. The highest BCUT2D eigenvalue weighted by atomic mass is 16.5. The molecule has 1 aliphatic rings. The fraction of sp³-hybridized carbons (Fsp3) is 0.474. The van der Waals surface area contributed by atoms with E-state index in [2.05, 4.69) is 22.1 Å². The molecule has 27 heavy (non-hydrogen) atoms. The SMILES string of the molecule is COc1ccc(-n2nc(CC3CCN(C)CC3)nc2Cn2nccn2)cc1. The smallest absolute Gasteiger partial charge is 0.156 e. The summed E-state index contributed by atoms with van der Waals surface area (Å²) in [4.78, 5) is 8.84. The molecule has 1 fully saturated rings. The predicted molar refractivity (Wildman–Crippen MR) is 101 cm³/mol. The maximum Gasteiger partial charge on any atom is 0.156 e. The van der Waals surface area contributed by atoms with Gasteiger partial charge >= 0.3 is 0 Å². The van der Waals surface area contributed by atoms with E-state index in [9.17, 15) is 0 Å². The van der Waals surface area contributed by atoms with Gasteiger partial charge in [0.25, 0.3) is 0 Å². The van der Waals surface area contributed by atoms with Gasteiger partial charge in [-0.15, -0.1) is 0 Å². The van der Waals surface area contributed by atoms with E-state index in [1.54, 1.807) is 24.3 Å². The summed E-state index contributed by atoms with van der Waals surface area (Å²) in [5, 5.41) is 13.2. The maximum atomic E-state index is 5.26. The Hall–Kier alpha value is -2.74. The lowest BCUT2D eigenvalue weighted by molar-refractivity contribution is 0.217. The molecule has 142 valence electrons. The number of likely N-dealkylation sites (tertiary alicyclic amines) is 1. The molecule has 0 aliphatic carbocycles. The molecule has 8 nitrogen and oxygen atoms in total. The van der Waals surface area contributed by atoms with Gasteiger partial charge in [0.15, 0.2) is 11.6 Å². The second kappa shape index (κ2) is 7.87. The standard InChI is InChI=1S/C19H25N7O/c1-24-11-7-15(8-12-24)13-18-22-19(14-25-20-9-10-21-25)26(23-18)16-3-5-17(27-2)6-4-16/h3-6,9-10,15H,7-8,11-14H2,1-2H3. The zero-order valence-corrected chi connectivity index (χ0v) is 15.8. The second-order valence-corrected chi connectivity index (χ2v) is 7.06. The molecule has 3 aromatic rings. The van der Waals surface area contributed by atoms with Crippen molar-refractivity contribution in [3.63, 3.8) is 0 Å². The summed E-state index contributed by atoms with van der Waals surface area (Å²) in [5.41, 5.74) is 0.958. The predicted octanol–water partition coefficient (Wildman–Crippen LogP) is 1.80. The van der Waals surface area contributed by atoms with Gasteiger partial charge in [-0.05, 0) is 63.2 Å². The van der Waals surface area contributed by atoms with Crippen LogP contribution in [0.25, 0.3) is 5.69 Å². The summed E-state index contributed by atoms with van der Waals surface area (Å²) in [6.45, 7) is 2.78. The van der Waals surface area contributed by atoms with Gasteiger partial charge in [0, 0.05) is 6.42 Å². The third-order valence-electron chi connectivity index (χ3n) is 5.09. The molecule has 0 bridgehead atoms. The van der Waals surface area contributed by atoms with Crippen LogP contribution >= 0.6 is 0 Å². The molecule has 3 heterocycles. The molecule has 1 aliphatic heterocycles. The average molecular weight is 367 g/mol. The number of nitrogens with zero attached hydrogens (tertiary/aromatic N) is 7. The Bertz CT molecular complexity index is 849. The Labute approximate surface area is 158 Å². The minimum atomic E-state index is 0.486.